The Morgan fingerprint density at radius 3 is 2.57 bits per heavy atom. The van der Waals surface area contributed by atoms with Gasteiger partial charge in [0.15, 0.2) is 0 Å². The molecule has 0 unspecified atom stereocenters. The molecular formula is C17H19BrN2O. The summed E-state index contributed by atoms with van der Waals surface area (Å²) in [5, 5.41) is 6.26. The van der Waals surface area contributed by atoms with Gasteiger partial charge in [-0.2, -0.15) is 0 Å². The first-order valence-corrected chi connectivity index (χ1v) is 7.81. The van der Waals surface area contributed by atoms with E-state index >= 15 is 0 Å². The van der Waals surface area contributed by atoms with Gasteiger partial charge in [-0.25, -0.2) is 0 Å². The maximum Gasteiger partial charge on any atom is 0.255 e. The van der Waals surface area contributed by atoms with Gasteiger partial charge in [0.25, 0.3) is 5.91 Å². The molecule has 3 nitrogen and oxygen atoms in total. The van der Waals surface area contributed by atoms with E-state index in [9.17, 15) is 4.79 Å². The molecule has 1 amide bonds. The Bertz CT molecular complexity index is 640. The van der Waals surface area contributed by atoms with Gasteiger partial charge in [0, 0.05) is 22.3 Å². The largest absolute Gasteiger partial charge is 0.385 e. The number of hydrogen-bond acceptors (Lipinski definition) is 2. The van der Waals surface area contributed by atoms with E-state index in [1.165, 1.54) is 0 Å². The number of halogens is 1. The van der Waals surface area contributed by atoms with Crippen LogP contribution in [0.15, 0.2) is 46.9 Å². The van der Waals surface area contributed by atoms with Crippen molar-refractivity contribution in [3.63, 3.8) is 0 Å². The molecule has 110 valence electrons. The molecule has 0 saturated heterocycles. The van der Waals surface area contributed by atoms with E-state index in [0.29, 0.717) is 5.56 Å². The first-order valence-electron chi connectivity index (χ1n) is 7.02. The van der Waals surface area contributed by atoms with Crippen LogP contribution in [0.25, 0.3) is 0 Å². The minimum absolute atomic E-state index is 0.105. The Hall–Kier alpha value is -1.81. The lowest BCUT2D eigenvalue weighted by molar-refractivity contribution is 0.102. The number of benzene rings is 2. The van der Waals surface area contributed by atoms with Crippen molar-refractivity contribution in [3.05, 3.63) is 58.1 Å². The second kappa shape index (κ2) is 7.27. The monoisotopic (exact) mass is 346 g/mol. The van der Waals surface area contributed by atoms with Crippen LogP contribution in [-0.4, -0.2) is 12.5 Å². The van der Waals surface area contributed by atoms with Gasteiger partial charge in [-0.3, -0.25) is 4.79 Å². The second-order valence-corrected chi connectivity index (χ2v) is 5.74. The minimum Gasteiger partial charge on any atom is -0.385 e. The van der Waals surface area contributed by atoms with Crippen molar-refractivity contribution in [2.75, 3.05) is 17.2 Å². The van der Waals surface area contributed by atoms with Crippen LogP contribution in [0.2, 0.25) is 0 Å². The van der Waals surface area contributed by atoms with Crippen LogP contribution in [-0.2, 0) is 0 Å². The average molecular weight is 347 g/mol. The summed E-state index contributed by atoms with van der Waals surface area (Å²) >= 11 is 3.43. The summed E-state index contributed by atoms with van der Waals surface area (Å²) in [6, 6.07) is 13.3. The summed E-state index contributed by atoms with van der Waals surface area (Å²) in [6.45, 7) is 5.07. The number of amides is 1. The van der Waals surface area contributed by atoms with Gasteiger partial charge < -0.3 is 10.6 Å². The van der Waals surface area contributed by atoms with Crippen molar-refractivity contribution in [2.24, 2.45) is 0 Å². The number of anilines is 2. The maximum absolute atomic E-state index is 12.3. The van der Waals surface area contributed by atoms with E-state index in [4.69, 9.17) is 0 Å². The first kappa shape index (κ1) is 15.6. The van der Waals surface area contributed by atoms with Crippen molar-refractivity contribution in [3.8, 4) is 0 Å². The fourth-order valence-electron chi connectivity index (χ4n) is 2.02. The third kappa shape index (κ3) is 4.08. The Morgan fingerprint density at radius 2 is 1.90 bits per heavy atom. The minimum atomic E-state index is -0.105. The van der Waals surface area contributed by atoms with Crippen molar-refractivity contribution in [1.29, 1.82) is 0 Å². The lowest BCUT2D eigenvalue weighted by Gasteiger charge is -2.11. The Balaban J connectivity index is 2.13. The molecule has 0 atom stereocenters. The molecule has 0 aromatic heterocycles. The van der Waals surface area contributed by atoms with E-state index in [0.717, 1.165) is 34.4 Å². The van der Waals surface area contributed by atoms with Crippen molar-refractivity contribution in [1.82, 2.24) is 0 Å². The third-order valence-corrected chi connectivity index (χ3v) is 3.87. The molecule has 4 heteroatoms. The Labute approximate surface area is 133 Å². The predicted octanol–water partition coefficient (Wildman–Crippen LogP) is 4.83. The predicted molar refractivity (Wildman–Crippen MR) is 92.1 cm³/mol. The molecule has 0 aliphatic carbocycles. The highest BCUT2D eigenvalue weighted by Gasteiger charge is 2.09. The second-order valence-electron chi connectivity index (χ2n) is 4.89. The van der Waals surface area contributed by atoms with E-state index in [2.05, 4.69) is 33.5 Å². The highest BCUT2D eigenvalue weighted by atomic mass is 79.9. The summed E-state index contributed by atoms with van der Waals surface area (Å²) in [4.78, 5) is 12.3. The summed E-state index contributed by atoms with van der Waals surface area (Å²) in [6.07, 6.45) is 1.07. The molecule has 2 rings (SSSR count). The Kier molecular flexibility index (Phi) is 5.39. The molecular weight excluding hydrogens is 328 g/mol. The zero-order valence-corrected chi connectivity index (χ0v) is 13.8. The molecule has 0 spiro atoms. The molecule has 0 aliphatic heterocycles. The molecule has 2 aromatic rings. The lowest BCUT2D eigenvalue weighted by atomic mass is 10.1. The first-order chi connectivity index (χ1) is 10.1. The van der Waals surface area contributed by atoms with Gasteiger partial charge in [-0.15, -0.1) is 0 Å². The fourth-order valence-corrected chi connectivity index (χ4v) is 2.40. The number of para-hydroxylation sites is 1. The van der Waals surface area contributed by atoms with Crippen LogP contribution in [0, 0.1) is 6.92 Å². The fraction of sp³-hybridized carbons (Fsp3) is 0.235. The molecule has 0 aliphatic rings. The van der Waals surface area contributed by atoms with Crippen LogP contribution in [0.1, 0.15) is 29.3 Å². The van der Waals surface area contributed by atoms with E-state index < -0.39 is 0 Å². The van der Waals surface area contributed by atoms with Crippen LogP contribution in [0.4, 0.5) is 11.4 Å². The molecule has 0 saturated carbocycles. The molecule has 0 radical (unpaired) electrons. The van der Waals surface area contributed by atoms with Gasteiger partial charge in [0.2, 0.25) is 0 Å². The summed E-state index contributed by atoms with van der Waals surface area (Å²) in [5.41, 5.74) is 3.58. The van der Waals surface area contributed by atoms with E-state index in [1.807, 2.05) is 49.4 Å². The summed E-state index contributed by atoms with van der Waals surface area (Å²) in [5.74, 6) is -0.105. The van der Waals surface area contributed by atoms with Gasteiger partial charge >= 0.3 is 0 Å². The normalized spacial score (nSPS) is 10.2. The topological polar surface area (TPSA) is 41.1 Å². The zero-order valence-electron chi connectivity index (χ0n) is 12.2. The zero-order chi connectivity index (χ0) is 15.2. The van der Waals surface area contributed by atoms with Gasteiger partial charge in [-0.05, 0) is 65.2 Å². The smallest absolute Gasteiger partial charge is 0.255 e. The van der Waals surface area contributed by atoms with Crippen molar-refractivity contribution >= 4 is 33.2 Å². The number of hydrogen-bond donors (Lipinski definition) is 2. The number of carbonyl (C=O) groups excluding carboxylic acids is 1. The van der Waals surface area contributed by atoms with Crippen LogP contribution in [0.5, 0.6) is 0 Å². The molecule has 0 bridgehead atoms. The van der Waals surface area contributed by atoms with Crippen molar-refractivity contribution in [2.45, 2.75) is 20.3 Å². The summed E-state index contributed by atoms with van der Waals surface area (Å²) < 4.78 is 0.872. The van der Waals surface area contributed by atoms with Crippen LogP contribution < -0.4 is 10.6 Å². The van der Waals surface area contributed by atoms with Crippen molar-refractivity contribution < 1.29 is 4.79 Å². The quantitative estimate of drug-likeness (QED) is 0.813. The van der Waals surface area contributed by atoms with Gasteiger partial charge in [0.1, 0.15) is 0 Å². The third-order valence-electron chi connectivity index (χ3n) is 3.18. The molecule has 21 heavy (non-hydrogen) atoms. The molecule has 0 fully saturated rings. The molecule has 2 aromatic carbocycles. The number of rotatable bonds is 5. The molecule has 0 heterocycles. The lowest BCUT2D eigenvalue weighted by Crippen LogP contribution is -2.13. The summed E-state index contributed by atoms with van der Waals surface area (Å²) in [7, 11) is 0. The molecule has 2 N–H and O–H groups in total. The number of carbonyl (C=O) groups is 1. The van der Waals surface area contributed by atoms with Crippen LogP contribution in [0.3, 0.4) is 0 Å². The maximum atomic E-state index is 12.3. The van der Waals surface area contributed by atoms with E-state index in [-0.39, 0.29) is 5.91 Å². The SMILES string of the molecule is CCCNc1ccc(C(=O)Nc2ccccc2Br)cc1C. The van der Waals surface area contributed by atoms with E-state index in [1.54, 1.807) is 0 Å². The van der Waals surface area contributed by atoms with Gasteiger partial charge in [-0.1, -0.05) is 19.1 Å². The Morgan fingerprint density at radius 1 is 1.14 bits per heavy atom. The highest BCUT2D eigenvalue weighted by Crippen LogP contribution is 2.23. The standard InChI is InChI=1S/C17H19BrN2O/c1-3-10-19-15-9-8-13(11-12(15)2)17(21)20-16-7-5-4-6-14(16)18/h4-9,11,19H,3,10H2,1-2H3,(H,20,21). The highest BCUT2D eigenvalue weighted by molar-refractivity contribution is 9.10. The van der Waals surface area contributed by atoms with Crippen LogP contribution >= 0.6 is 15.9 Å². The number of nitrogens with one attached hydrogen (secondary N) is 2. The number of aryl methyl sites for hydroxylation is 1. The average Bonchev–Trinajstić information content (AvgIpc) is 2.48. The van der Waals surface area contributed by atoms with Gasteiger partial charge in [0.05, 0.1) is 5.69 Å².